The van der Waals surface area contributed by atoms with Gasteiger partial charge in [0.05, 0.1) is 0 Å². The SMILES string of the molecule is C=CCc1cc2ccccc2n1C. The zero-order valence-corrected chi connectivity index (χ0v) is 7.83. The molecule has 0 spiro atoms. The zero-order chi connectivity index (χ0) is 9.26. The average Bonchev–Trinajstić information content (AvgIpc) is 2.46. The van der Waals surface area contributed by atoms with E-state index in [0.29, 0.717) is 0 Å². The largest absolute Gasteiger partial charge is 0.347 e. The quantitative estimate of drug-likeness (QED) is 0.612. The summed E-state index contributed by atoms with van der Waals surface area (Å²) in [5, 5.41) is 1.31. The van der Waals surface area contributed by atoms with Crippen LogP contribution < -0.4 is 0 Å². The molecule has 0 saturated heterocycles. The van der Waals surface area contributed by atoms with Crippen LogP contribution in [0.25, 0.3) is 10.9 Å². The molecule has 0 atom stereocenters. The molecule has 0 radical (unpaired) electrons. The Kier molecular flexibility index (Phi) is 1.93. The minimum atomic E-state index is 0.936. The maximum absolute atomic E-state index is 3.75. The maximum atomic E-state index is 3.75. The monoisotopic (exact) mass is 171 g/mol. The Morgan fingerprint density at radius 1 is 1.38 bits per heavy atom. The van der Waals surface area contributed by atoms with Gasteiger partial charge >= 0.3 is 0 Å². The highest BCUT2D eigenvalue weighted by molar-refractivity contribution is 5.81. The molecule has 1 aromatic carbocycles. The lowest BCUT2D eigenvalue weighted by atomic mass is 10.2. The molecule has 0 amide bonds. The molecule has 0 N–H and O–H groups in total. The lowest BCUT2D eigenvalue weighted by molar-refractivity contribution is 0.890. The fraction of sp³-hybridized carbons (Fsp3) is 0.167. The van der Waals surface area contributed by atoms with Gasteiger partial charge in [-0.15, -0.1) is 6.58 Å². The van der Waals surface area contributed by atoms with E-state index in [1.807, 2.05) is 6.08 Å². The molecule has 0 unspecified atom stereocenters. The summed E-state index contributed by atoms with van der Waals surface area (Å²) in [5.41, 5.74) is 2.61. The van der Waals surface area contributed by atoms with E-state index in [9.17, 15) is 0 Å². The smallest absolute Gasteiger partial charge is 0.0479 e. The van der Waals surface area contributed by atoms with Crippen molar-refractivity contribution in [1.82, 2.24) is 4.57 Å². The summed E-state index contributed by atoms with van der Waals surface area (Å²) in [7, 11) is 2.10. The van der Waals surface area contributed by atoms with E-state index in [0.717, 1.165) is 6.42 Å². The van der Waals surface area contributed by atoms with Gasteiger partial charge < -0.3 is 4.57 Å². The van der Waals surface area contributed by atoms with Gasteiger partial charge in [-0.05, 0) is 17.5 Å². The van der Waals surface area contributed by atoms with E-state index in [1.54, 1.807) is 0 Å². The van der Waals surface area contributed by atoms with Crippen LogP contribution in [0.2, 0.25) is 0 Å². The van der Waals surface area contributed by atoms with Crippen molar-refractivity contribution in [2.75, 3.05) is 0 Å². The van der Waals surface area contributed by atoms with Crippen LogP contribution in [0, 0.1) is 0 Å². The fourth-order valence-corrected chi connectivity index (χ4v) is 1.69. The topological polar surface area (TPSA) is 4.93 Å². The van der Waals surface area contributed by atoms with Gasteiger partial charge in [0.15, 0.2) is 0 Å². The predicted octanol–water partition coefficient (Wildman–Crippen LogP) is 2.91. The van der Waals surface area contributed by atoms with Crippen molar-refractivity contribution in [1.29, 1.82) is 0 Å². The summed E-state index contributed by atoms with van der Waals surface area (Å²) >= 11 is 0. The molecule has 0 bridgehead atoms. The highest BCUT2D eigenvalue weighted by atomic mass is 14.9. The van der Waals surface area contributed by atoms with Crippen LogP contribution in [0.5, 0.6) is 0 Å². The molecular weight excluding hydrogens is 158 g/mol. The molecule has 0 fully saturated rings. The third-order valence-electron chi connectivity index (χ3n) is 2.40. The van der Waals surface area contributed by atoms with E-state index < -0.39 is 0 Å². The lowest BCUT2D eigenvalue weighted by Gasteiger charge is -1.99. The molecule has 2 rings (SSSR count). The number of benzene rings is 1. The first kappa shape index (κ1) is 8.11. The molecular formula is C12H13N. The van der Waals surface area contributed by atoms with Crippen LogP contribution in [-0.4, -0.2) is 4.57 Å². The van der Waals surface area contributed by atoms with Crippen LogP contribution in [-0.2, 0) is 13.5 Å². The molecule has 1 aromatic heterocycles. The second kappa shape index (κ2) is 3.09. The molecule has 1 heterocycles. The number of fused-ring (bicyclic) bond motifs is 1. The van der Waals surface area contributed by atoms with Crippen molar-refractivity contribution in [3.63, 3.8) is 0 Å². The number of para-hydroxylation sites is 1. The summed E-state index contributed by atoms with van der Waals surface area (Å²) in [4.78, 5) is 0. The third kappa shape index (κ3) is 1.26. The van der Waals surface area contributed by atoms with Gasteiger partial charge in [-0.3, -0.25) is 0 Å². The first-order valence-electron chi connectivity index (χ1n) is 4.47. The van der Waals surface area contributed by atoms with Crippen LogP contribution >= 0.6 is 0 Å². The summed E-state index contributed by atoms with van der Waals surface area (Å²) in [6.45, 7) is 3.75. The summed E-state index contributed by atoms with van der Waals surface area (Å²) in [5.74, 6) is 0. The van der Waals surface area contributed by atoms with Gasteiger partial charge in [0.2, 0.25) is 0 Å². The molecule has 0 aliphatic carbocycles. The molecule has 66 valence electrons. The average molecular weight is 171 g/mol. The van der Waals surface area contributed by atoms with Gasteiger partial charge in [0.25, 0.3) is 0 Å². The number of allylic oxidation sites excluding steroid dienone is 1. The number of hydrogen-bond donors (Lipinski definition) is 0. The van der Waals surface area contributed by atoms with Crippen molar-refractivity contribution in [2.24, 2.45) is 7.05 Å². The summed E-state index contributed by atoms with van der Waals surface area (Å²) < 4.78 is 2.22. The Balaban J connectivity index is 2.66. The van der Waals surface area contributed by atoms with E-state index >= 15 is 0 Å². The van der Waals surface area contributed by atoms with E-state index in [2.05, 4.69) is 48.5 Å². The van der Waals surface area contributed by atoms with Crippen LogP contribution in [0.3, 0.4) is 0 Å². The number of hydrogen-bond acceptors (Lipinski definition) is 0. The lowest BCUT2D eigenvalue weighted by Crippen LogP contribution is -1.93. The molecule has 1 heteroatoms. The Morgan fingerprint density at radius 2 is 2.15 bits per heavy atom. The van der Waals surface area contributed by atoms with Gasteiger partial charge in [-0.2, -0.15) is 0 Å². The first-order chi connectivity index (χ1) is 6.33. The van der Waals surface area contributed by atoms with Crippen molar-refractivity contribution in [3.05, 3.63) is 48.7 Å². The number of nitrogens with zero attached hydrogens (tertiary/aromatic N) is 1. The number of rotatable bonds is 2. The summed E-state index contributed by atoms with van der Waals surface area (Å²) in [6.07, 6.45) is 2.87. The fourth-order valence-electron chi connectivity index (χ4n) is 1.69. The van der Waals surface area contributed by atoms with Crippen LogP contribution in [0.1, 0.15) is 5.69 Å². The Morgan fingerprint density at radius 3 is 2.85 bits per heavy atom. The number of aromatic nitrogens is 1. The Bertz CT molecular complexity index is 437. The van der Waals surface area contributed by atoms with E-state index in [-0.39, 0.29) is 0 Å². The molecule has 0 aliphatic rings. The second-order valence-electron chi connectivity index (χ2n) is 3.25. The Labute approximate surface area is 78.3 Å². The molecule has 13 heavy (non-hydrogen) atoms. The molecule has 1 nitrogen and oxygen atoms in total. The van der Waals surface area contributed by atoms with Gasteiger partial charge in [0.1, 0.15) is 0 Å². The first-order valence-corrected chi connectivity index (χ1v) is 4.47. The molecule has 0 aliphatic heterocycles. The second-order valence-corrected chi connectivity index (χ2v) is 3.25. The van der Waals surface area contributed by atoms with Crippen molar-refractivity contribution in [2.45, 2.75) is 6.42 Å². The van der Waals surface area contributed by atoms with Crippen molar-refractivity contribution < 1.29 is 0 Å². The van der Waals surface area contributed by atoms with E-state index in [4.69, 9.17) is 0 Å². The zero-order valence-electron chi connectivity index (χ0n) is 7.83. The van der Waals surface area contributed by atoms with E-state index in [1.165, 1.54) is 16.6 Å². The minimum Gasteiger partial charge on any atom is -0.347 e. The maximum Gasteiger partial charge on any atom is 0.0479 e. The standard InChI is InChI=1S/C12H13N/c1-3-6-11-9-10-7-4-5-8-12(10)13(11)2/h3-5,7-9H,1,6H2,2H3. The van der Waals surface area contributed by atoms with Crippen molar-refractivity contribution in [3.8, 4) is 0 Å². The highest BCUT2D eigenvalue weighted by Crippen LogP contribution is 2.18. The van der Waals surface area contributed by atoms with Crippen LogP contribution in [0.4, 0.5) is 0 Å². The molecule has 2 aromatic rings. The van der Waals surface area contributed by atoms with Crippen LogP contribution in [0.15, 0.2) is 43.0 Å². The third-order valence-corrected chi connectivity index (χ3v) is 2.40. The minimum absolute atomic E-state index is 0.936. The highest BCUT2D eigenvalue weighted by Gasteiger charge is 2.01. The predicted molar refractivity (Wildman–Crippen MR) is 56.8 cm³/mol. The van der Waals surface area contributed by atoms with Gasteiger partial charge in [-0.1, -0.05) is 24.3 Å². The normalized spacial score (nSPS) is 10.5. The van der Waals surface area contributed by atoms with Gasteiger partial charge in [-0.25, -0.2) is 0 Å². The Hall–Kier alpha value is -1.50. The summed E-state index contributed by atoms with van der Waals surface area (Å²) in [6, 6.07) is 10.6. The van der Waals surface area contributed by atoms with Crippen molar-refractivity contribution >= 4 is 10.9 Å². The molecule has 0 saturated carbocycles. The number of aryl methyl sites for hydroxylation is 1. The van der Waals surface area contributed by atoms with Gasteiger partial charge in [0, 0.05) is 24.7 Å².